The highest BCUT2D eigenvalue weighted by atomic mass is 19.4. The van der Waals surface area contributed by atoms with Gasteiger partial charge in [-0.1, -0.05) is 0 Å². The fraction of sp³-hybridized carbons (Fsp3) is 0.474. The maximum absolute atomic E-state index is 10.6. The van der Waals surface area contributed by atoms with Crippen molar-refractivity contribution in [3.8, 4) is 11.5 Å². The van der Waals surface area contributed by atoms with Gasteiger partial charge in [0.2, 0.25) is 0 Å². The molecule has 23 heteroatoms. The number of pyridine rings is 2. The molecule has 340 valence electrons. The first-order valence-corrected chi connectivity index (χ1v) is 18.3. The molecular formula is C38H48F6N4O13. The second-order valence-electron chi connectivity index (χ2n) is 11.8. The molecule has 0 saturated heterocycles. The quantitative estimate of drug-likeness (QED) is 0.0490. The van der Waals surface area contributed by atoms with Crippen LogP contribution >= 0.6 is 0 Å². The van der Waals surface area contributed by atoms with E-state index in [0.29, 0.717) is 117 Å². The van der Waals surface area contributed by atoms with E-state index in [1.807, 2.05) is 48.5 Å². The summed E-state index contributed by atoms with van der Waals surface area (Å²) in [4.78, 5) is 26.4. The molecule has 0 aliphatic rings. The van der Waals surface area contributed by atoms with Crippen LogP contribution in [0, 0.1) is 0 Å². The first-order valence-electron chi connectivity index (χ1n) is 18.3. The second kappa shape index (κ2) is 29.0. The van der Waals surface area contributed by atoms with Gasteiger partial charge in [0, 0.05) is 22.9 Å². The van der Waals surface area contributed by atoms with Crippen LogP contribution in [0.4, 0.5) is 38.0 Å². The Morgan fingerprint density at radius 2 is 0.672 bits per heavy atom. The van der Waals surface area contributed by atoms with Crippen LogP contribution in [0.2, 0.25) is 0 Å². The highest BCUT2D eigenvalue weighted by Crippen LogP contribution is 2.21. The molecule has 0 bridgehead atoms. The number of nitrogens with two attached hydrogens (primary N) is 2. The van der Waals surface area contributed by atoms with Crippen LogP contribution in [-0.2, 0) is 42.7 Å². The predicted octanol–water partition coefficient (Wildman–Crippen LogP) is 4.79. The average molecular weight is 883 g/mol. The van der Waals surface area contributed by atoms with Crippen molar-refractivity contribution in [1.29, 1.82) is 0 Å². The van der Waals surface area contributed by atoms with E-state index >= 15 is 0 Å². The largest absolute Gasteiger partial charge is 0.491 e. The van der Waals surface area contributed by atoms with Crippen LogP contribution in [0.3, 0.4) is 0 Å². The molecule has 6 N–H and O–H groups in total. The Labute approximate surface area is 345 Å². The molecule has 2 heterocycles. The van der Waals surface area contributed by atoms with Crippen LogP contribution in [-0.4, -0.2) is 150 Å². The Kier molecular flexibility index (Phi) is 24.7. The summed E-state index contributed by atoms with van der Waals surface area (Å²) >= 11 is 0. The number of aliphatic carboxylic acids is 2. The van der Waals surface area contributed by atoms with Crippen molar-refractivity contribution in [3.05, 3.63) is 60.7 Å². The summed E-state index contributed by atoms with van der Waals surface area (Å²) in [5, 5.41) is 16.3. The maximum Gasteiger partial charge on any atom is 0.490 e. The Bertz CT molecular complexity index is 1730. The number of hydrogen-bond acceptors (Lipinski definition) is 15. The smallest absolute Gasteiger partial charge is 0.490 e. The molecule has 4 rings (SSSR count). The van der Waals surface area contributed by atoms with E-state index in [0.717, 1.165) is 33.3 Å². The lowest BCUT2D eigenvalue weighted by atomic mass is 10.2. The normalized spacial score (nSPS) is 11.4. The topological polar surface area (TPSA) is 235 Å². The minimum absolute atomic E-state index is 0.437. The molecule has 0 saturated carbocycles. The average Bonchev–Trinajstić information content (AvgIpc) is 3.20. The number of rotatable bonds is 26. The van der Waals surface area contributed by atoms with E-state index in [-0.39, 0.29) is 0 Å². The van der Waals surface area contributed by atoms with E-state index in [1.54, 1.807) is 12.1 Å². The first kappa shape index (κ1) is 51.8. The van der Waals surface area contributed by atoms with E-state index in [2.05, 4.69) is 9.97 Å². The molecule has 0 amide bonds. The fourth-order valence-electron chi connectivity index (χ4n) is 4.26. The van der Waals surface area contributed by atoms with Gasteiger partial charge in [0.15, 0.2) is 0 Å². The van der Waals surface area contributed by atoms with Gasteiger partial charge in [-0.05, 0) is 48.5 Å². The molecule has 17 nitrogen and oxygen atoms in total. The van der Waals surface area contributed by atoms with Gasteiger partial charge in [0.1, 0.15) is 36.3 Å². The Hall–Kier alpha value is -5.30. The number of halogens is 6. The van der Waals surface area contributed by atoms with Crippen molar-refractivity contribution in [2.75, 3.05) is 117 Å². The Balaban J connectivity index is 0.000000784. The number of carbonyl (C=O) groups is 2. The van der Waals surface area contributed by atoms with Crippen molar-refractivity contribution in [2.24, 2.45) is 0 Å². The molecular weight excluding hydrogens is 834 g/mol. The summed E-state index contributed by atoms with van der Waals surface area (Å²) in [6.07, 6.45) is -10.2. The van der Waals surface area contributed by atoms with E-state index in [4.69, 9.17) is 73.9 Å². The van der Waals surface area contributed by atoms with Crippen molar-refractivity contribution in [3.63, 3.8) is 0 Å². The molecule has 0 atom stereocenters. The van der Waals surface area contributed by atoms with Gasteiger partial charge in [-0.2, -0.15) is 26.3 Å². The van der Waals surface area contributed by atoms with E-state index in [1.165, 1.54) is 0 Å². The molecule has 0 unspecified atom stereocenters. The van der Waals surface area contributed by atoms with Gasteiger partial charge in [0.25, 0.3) is 0 Å². The third-order valence-electron chi connectivity index (χ3n) is 7.08. The van der Waals surface area contributed by atoms with Gasteiger partial charge < -0.3 is 64.3 Å². The number of hydrogen-bond donors (Lipinski definition) is 4. The van der Waals surface area contributed by atoms with Crippen molar-refractivity contribution in [1.82, 2.24) is 9.97 Å². The monoisotopic (exact) mass is 882 g/mol. The molecule has 61 heavy (non-hydrogen) atoms. The summed E-state index contributed by atoms with van der Waals surface area (Å²) in [6, 6.07) is 18.9. The van der Waals surface area contributed by atoms with Gasteiger partial charge in [-0.25, -0.2) is 19.6 Å². The standard InChI is InChI=1S/C34H46N4O9.2C2HF3O2/c35-33-7-3-27-1-5-29(25-31(27)37-33)46-23-21-44-19-17-42-15-13-40-11-9-39-10-12-41-14-16-43-18-20-45-22-24-47-30-6-2-28-4-8-34(36)38-32(28)26-30;2*3-2(4,5)1(6)7/h1-8,25-26H,9-24H2,(H2,35,37)(H2,36,38);2*(H,6,7). The van der Waals surface area contributed by atoms with Gasteiger partial charge in [-0.15, -0.1) is 0 Å². The predicted molar refractivity (Wildman–Crippen MR) is 206 cm³/mol. The minimum Gasteiger partial charge on any atom is -0.491 e. The summed E-state index contributed by atoms with van der Waals surface area (Å²) < 4.78 is 114. The van der Waals surface area contributed by atoms with Crippen LogP contribution in [0.5, 0.6) is 11.5 Å². The number of fused-ring (bicyclic) bond motifs is 2. The van der Waals surface area contributed by atoms with Crippen molar-refractivity contribution >= 4 is 45.4 Å². The molecule has 0 spiro atoms. The van der Waals surface area contributed by atoms with Crippen LogP contribution in [0.25, 0.3) is 21.8 Å². The lowest BCUT2D eigenvalue weighted by Crippen LogP contribution is -2.21. The SMILES string of the molecule is Nc1ccc2ccc(OCCOCCOCCOCCOCCOCCOCCOCCOc3ccc4ccc(N)nc4c3)cc2n1.O=C(O)C(F)(F)F.O=C(O)C(F)(F)F. The highest BCUT2D eigenvalue weighted by molar-refractivity contribution is 5.82. The number of anilines is 2. The lowest BCUT2D eigenvalue weighted by molar-refractivity contribution is -0.193. The lowest BCUT2D eigenvalue weighted by Gasteiger charge is -2.09. The maximum atomic E-state index is 10.6. The zero-order chi connectivity index (χ0) is 44.9. The number of alkyl halides is 6. The number of nitrogens with zero attached hydrogens (tertiary/aromatic N) is 2. The van der Waals surface area contributed by atoms with E-state index < -0.39 is 24.3 Å². The molecule has 0 fully saturated rings. The van der Waals surface area contributed by atoms with E-state index in [9.17, 15) is 26.3 Å². The molecule has 0 aliphatic carbocycles. The second-order valence-corrected chi connectivity index (χ2v) is 11.8. The number of aromatic nitrogens is 2. The highest BCUT2D eigenvalue weighted by Gasteiger charge is 2.38. The zero-order valence-corrected chi connectivity index (χ0v) is 32.8. The number of nitrogen functional groups attached to an aromatic ring is 2. The minimum atomic E-state index is -5.08. The molecule has 4 aromatic rings. The van der Waals surface area contributed by atoms with Gasteiger partial charge in [-0.3, -0.25) is 0 Å². The van der Waals surface area contributed by atoms with Crippen molar-refractivity contribution < 1.29 is 88.8 Å². The number of carboxylic acids is 2. The summed E-state index contributed by atoms with van der Waals surface area (Å²) in [5.41, 5.74) is 13.1. The Morgan fingerprint density at radius 1 is 0.443 bits per heavy atom. The summed E-state index contributed by atoms with van der Waals surface area (Å²) in [5.74, 6) is -3.08. The number of carboxylic acid groups (broad SMARTS) is 2. The first-order chi connectivity index (χ1) is 29.1. The third-order valence-corrected chi connectivity index (χ3v) is 7.08. The zero-order valence-electron chi connectivity index (χ0n) is 32.8. The van der Waals surface area contributed by atoms with Gasteiger partial charge >= 0.3 is 24.3 Å². The third kappa shape index (κ3) is 24.5. The van der Waals surface area contributed by atoms with Gasteiger partial charge in [0.05, 0.1) is 104 Å². The van der Waals surface area contributed by atoms with Crippen LogP contribution in [0.1, 0.15) is 0 Å². The number of ether oxygens (including phenoxy) is 9. The Morgan fingerprint density at radius 3 is 0.918 bits per heavy atom. The molecule has 2 aromatic heterocycles. The molecule has 0 radical (unpaired) electrons. The van der Waals surface area contributed by atoms with Crippen molar-refractivity contribution in [2.45, 2.75) is 12.4 Å². The fourth-order valence-corrected chi connectivity index (χ4v) is 4.26. The molecule has 2 aromatic carbocycles. The van der Waals surface area contributed by atoms with Crippen LogP contribution < -0.4 is 20.9 Å². The number of benzene rings is 2. The molecule has 0 aliphatic heterocycles. The summed E-state index contributed by atoms with van der Waals surface area (Å²) in [6.45, 7) is 7.72. The van der Waals surface area contributed by atoms with Crippen LogP contribution in [0.15, 0.2) is 60.7 Å². The summed E-state index contributed by atoms with van der Waals surface area (Å²) in [7, 11) is 0.